The van der Waals surface area contributed by atoms with Crippen LogP contribution in [0.5, 0.6) is 11.5 Å². The van der Waals surface area contributed by atoms with E-state index in [0.29, 0.717) is 49.3 Å². The Morgan fingerprint density at radius 1 is 1.12 bits per heavy atom. The molecule has 1 amide bonds. The standard InChI is InChI=1S/C18H24N4O4/c1-13-19-20-17(26-13)12-21-6-8-22(9-7-21)18(23)11-14-4-5-15(24-2)16(10-14)25-3/h4-5,10H,6-9,11-12H2,1-3H3. The highest BCUT2D eigenvalue weighted by Crippen LogP contribution is 2.27. The predicted octanol–water partition coefficient (Wildman–Crippen LogP) is 1.28. The summed E-state index contributed by atoms with van der Waals surface area (Å²) < 4.78 is 15.9. The van der Waals surface area contributed by atoms with Gasteiger partial charge in [-0.1, -0.05) is 6.07 Å². The van der Waals surface area contributed by atoms with Gasteiger partial charge in [0.05, 0.1) is 27.2 Å². The Morgan fingerprint density at radius 3 is 2.46 bits per heavy atom. The monoisotopic (exact) mass is 360 g/mol. The van der Waals surface area contributed by atoms with Gasteiger partial charge in [-0.3, -0.25) is 9.69 Å². The van der Waals surface area contributed by atoms with Crippen LogP contribution in [0.25, 0.3) is 0 Å². The van der Waals surface area contributed by atoms with E-state index in [0.717, 1.165) is 18.7 Å². The largest absolute Gasteiger partial charge is 0.493 e. The van der Waals surface area contributed by atoms with Gasteiger partial charge in [0.2, 0.25) is 17.7 Å². The number of benzene rings is 1. The summed E-state index contributed by atoms with van der Waals surface area (Å²) >= 11 is 0. The summed E-state index contributed by atoms with van der Waals surface area (Å²) in [4.78, 5) is 16.7. The van der Waals surface area contributed by atoms with E-state index in [-0.39, 0.29) is 5.91 Å². The fourth-order valence-corrected chi connectivity index (χ4v) is 3.03. The Hall–Kier alpha value is -2.61. The molecule has 0 N–H and O–H groups in total. The quantitative estimate of drug-likeness (QED) is 0.768. The van der Waals surface area contributed by atoms with Gasteiger partial charge in [-0.2, -0.15) is 0 Å². The minimum absolute atomic E-state index is 0.116. The molecule has 0 radical (unpaired) electrons. The average molecular weight is 360 g/mol. The molecule has 1 aliphatic heterocycles. The minimum atomic E-state index is 0.116. The lowest BCUT2D eigenvalue weighted by atomic mass is 10.1. The van der Waals surface area contributed by atoms with Gasteiger partial charge in [0.15, 0.2) is 11.5 Å². The van der Waals surface area contributed by atoms with E-state index >= 15 is 0 Å². The number of ether oxygens (including phenoxy) is 2. The summed E-state index contributed by atoms with van der Waals surface area (Å²) in [5, 5.41) is 7.86. The lowest BCUT2D eigenvalue weighted by molar-refractivity contribution is -0.132. The number of carbonyl (C=O) groups excluding carboxylic acids is 1. The number of hydrogen-bond donors (Lipinski definition) is 0. The van der Waals surface area contributed by atoms with E-state index < -0.39 is 0 Å². The number of hydrogen-bond acceptors (Lipinski definition) is 7. The third-order valence-electron chi connectivity index (χ3n) is 4.46. The Kier molecular flexibility index (Phi) is 5.72. The molecule has 2 heterocycles. The second-order valence-corrected chi connectivity index (χ2v) is 6.24. The molecule has 0 spiro atoms. The van der Waals surface area contributed by atoms with Crippen molar-refractivity contribution in [2.75, 3.05) is 40.4 Å². The first-order chi connectivity index (χ1) is 12.6. The minimum Gasteiger partial charge on any atom is -0.493 e. The number of nitrogens with zero attached hydrogens (tertiary/aromatic N) is 4. The maximum atomic E-state index is 12.6. The van der Waals surface area contributed by atoms with Gasteiger partial charge in [-0.25, -0.2) is 0 Å². The fraction of sp³-hybridized carbons (Fsp3) is 0.500. The van der Waals surface area contributed by atoms with Crippen LogP contribution < -0.4 is 9.47 Å². The van der Waals surface area contributed by atoms with E-state index in [4.69, 9.17) is 13.9 Å². The SMILES string of the molecule is COc1ccc(CC(=O)N2CCN(Cc3nnc(C)o3)CC2)cc1OC. The lowest BCUT2D eigenvalue weighted by Crippen LogP contribution is -2.48. The molecule has 1 aromatic heterocycles. The highest BCUT2D eigenvalue weighted by atomic mass is 16.5. The molecule has 2 aromatic rings. The molecular weight excluding hydrogens is 336 g/mol. The second kappa shape index (κ2) is 8.18. The summed E-state index contributed by atoms with van der Waals surface area (Å²) in [6, 6.07) is 5.57. The first kappa shape index (κ1) is 18.2. The van der Waals surface area contributed by atoms with Crippen LogP contribution in [0.15, 0.2) is 22.6 Å². The smallest absolute Gasteiger partial charge is 0.230 e. The van der Waals surface area contributed by atoms with Gasteiger partial charge >= 0.3 is 0 Å². The Labute approximate surface area is 152 Å². The number of carbonyl (C=O) groups is 1. The molecular formula is C18H24N4O4. The maximum absolute atomic E-state index is 12.6. The van der Waals surface area contributed by atoms with Gasteiger partial charge in [0, 0.05) is 33.1 Å². The highest BCUT2D eigenvalue weighted by Gasteiger charge is 2.22. The average Bonchev–Trinajstić information content (AvgIpc) is 3.06. The number of aromatic nitrogens is 2. The highest BCUT2D eigenvalue weighted by molar-refractivity contribution is 5.79. The van der Waals surface area contributed by atoms with E-state index in [1.165, 1.54) is 0 Å². The van der Waals surface area contributed by atoms with Crippen molar-refractivity contribution in [2.24, 2.45) is 0 Å². The van der Waals surface area contributed by atoms with E-state index in [2.05, 4.69) is 15.1 Å². The maximum Gasteiger partial charge on any atom is 0.230 e. The molecule has 0 bridgehead atoms. The molecule has 26 heavy (non-hydrogen) atoms. The first-order valence-corrected chi connectivity index (χ1v) is 8.59. The van der Waals surface area contributed by atoms with Gasteiger partial charge in [-0.15, -0.1) is 10.2 Å². The van der Waals surface area contributed by atoms with Gasteiger partial charge in [0.25, 0.3) is 0 Å². The van der Waals surface area contributed by atoms with Gasteiger partial charge < -0.3 is 18.8 Å². The number of amides is 1. The van der Waals surface area contributed by atoms with Crippen molar-refractivity contribution in [1.82, 2.24) is 20.0 Å². The third-order valence-corrected chi connectivity index (χ3v) is 4.46. The summed E-state index contributed by atoms with van der Waals surface area (Å²) in [7, 11) is 3.19. The predicted molar refractivity (Wildman–Crippen MR) is 94.1 cm³/mol. The van der Waals surface area contributed by atoms with Crippen LogP contribution in [-0.2, 0) is 17.8 Å². The fourth-order valence-electron chi connectivity index (χ4n) is 3.03. The number of aryl methyl sites for hydroxylation is 1. The van der Waals surface area contributed by atoms with E-state index in [9.17, 15) is 4.79 Å². The molecule has 1 aromatic carbocycles. The normalized spacial score (nSPS) is 15.1. The van der Waals surface area contributed by atoms with E-state index in [1.54, 1.807) is 21.1 Å². The third kappa shape index (κ3) is 4.32. The van der Waals surface area contributed by atoms with Crippen LogP contribution in [0.3, 0.4) is 0 Å². The summed E-state index contributed by atoms with van der Waals surface area (Å²) in [5.74, 6) is 2.60. The topological polar surface area (TPSA) is 80.9 Å². The lowest BCUT2D eigenvalue weighted by Gasteiger charge is -2.34. The molecule has 8 nitrogen and oxygen atoms in total. The second-order valence-electron chi connectivity index (χ2n) is 6.24. The molecule has 1 fully saturated rings. The van der Waals surface area contributed by atoms with Crippen molar-refractivity contribution in [3.05, 3.63) is 35.5 Å². The Morgan fingerprint density at radius 2 is 1.85 bits per heavy atom. The zero-order chi connectivity index (χ0) is 18.5. The molecule has 0 aliphatic carbocycles. The van der Waals surface area contributed by atoms with Crippen molar-refractivity contribution >= 4 is 5.91 Å². The molecule has 0 atom stereocenters. The molecule has 0 unspecified atom stereocenters. The number of methoxy groups -OCH3 is 2. The number of piperazine rings is 1. The zero-order valence-corrected chi connectivity index (χ0v) is 15.4. The molecule has 1 aliphatic rings. The first-order valence-electron chi connectivity index (χ1n) is 8.59. The van der Waals surface area contributed by atoms with Crippen molar-refractivity contribution in [3.8, 4) is 11.5 Å². The Balaban J connectivity index is 1.52. The molecule has 8 heteroatoms. The Bertz CT molecular complexity index is 753. The van der Waals surface area contributed by atoms with Gasteiger partial charge in [-0.05, 0) is 17.7 Å². The van der Waals surface area contributed by atoms with Crippen molar-refractivity contribution in [1.29, 1.82) is 0 Å². The molecule has 1 saturated heterocycles. The van der Waals surface area contributed by atoms with Crippen LogP contribution in [0, 0.1) is 6.92 Å². The molecule has 0 saturated carbocycles. The zero-order valence-electron chi connectivity index (χ0n) is 15.4. The van der Waals surface area contributed by atoms with Crippen LogP contribution in [0.1, 0.15) is 17.3 Å². The molecule has 140 valence electrons. The van der Waals surface area contributed by atoms with Crippen LogP contribution >= 0.6 is 0 Å². The summed E-state index contributed by atoms with van der Waals surface area (Å²) in [6.07, 6.45) is 0.350. The molecule has 3 rings (SSSR count). The van der Waals surface area contributed by atoms with Crippen LogP contribution in [0.2, 0.25) is 0 Å². The van der Waals surface area contributed by atoms with Crippen LogP contribution in [0.4, 0.5) is 0 Å². The summed E-state index contributed by atoms with van der Waals surface area (Å²) in [6.45, 7) is 5.37. The summed E-state index contributed by atoms with van der Waals surface area (Å²) in [5.41, 5.74) is 0.913. The number of rotatable bonds is 6. The van der Waals surface area contributed by atoms with Crippen molar-refractivity contribution < 1.29 is 18.7 Å². The van der Waals surface area contributed by atoms with Crippen molar-refractivity contribution in [3.63, 3.8) is 0 Å². The van der Waals surface area contributed by atoms with E-state index in [1.807, 2.05) is 23.1 Å². The van der Waals surface area contributed by atoms with Gasteiger partial charge in [0.1, 0.15) is 0 Å². The van der Waals surface area contributed by atoms with Crippen LogP contribution in [-0.4, -0.2) is 66.3 Å². The van der Waals surface area contributed by atoms with Crippen molar-refractivity contribution in [2.45, 2.75) is 19.9 Å².